The maximum atomic E-state index is 9.34. The fraction of sp³-hybridized carbons (Fsp3) is 0.667. The van der Waals surface area contributed by atoms with Crippen molar-refractivity contribution in [1.29, 1.82) is 0 Å². The molecule has 0 saturated heterocycles. The first kappa shape index (κ1) is 10.0. The maximum Gasteiger partial charge on any atom is 0.0905 e. The quantitative estimate of drug-likeness (QED) is 0.439. The summed E-state index contributed by atoms with van der Waals surface area (Å²) in [6, 6.07) is 0. The molecule has 1 N–H and O–H groups in total. The molecular formula is C3H5FeO3-. The molecule has 0 fully saturated rings. The van der Waals surface area contributed by atoms with Gasteiger partial charge in [0.15, 0.2) is 0 Å². The smallest absolute Gasteiger partial charge is 0.0905 e. The second-order valence-corrected chi connectivity index (χ2v) is 0.995. The summed E-state index contributed by atoms with van der Waals surface area (Å²) in [4.78, 5) is 9.34. The average Bonchev–Trinajstić information content (AvgIpc) is 1.36. The van der Waals surface area contributed by atoms with Gasteiger partial charge in [0.05, 0.1) is 12.1 Å². The van der Waals surface area contributed by atoms with Gasteiger partial charge >= 0.3 is 0 Å². The summed E-state index contributed by atoms with van der Waals surface area (Å²) in [6.45, 7) is 1.13. The summed E-state index contributed by atoms with van der Waals surface area (Å²) in [5.41, 5.74) is 0. The Morgan fingerprint density at radius 1 is 1.86 bits per heavy atom. The van der Waals surface area contributed by atoms with Crippen LogP contribution < -0.4 is 5.11 Å². The van der Waals surface area contributed by atoms with Crippen molar-refractivity contribution in [3.63, 3.8) is 0 Å². The summed E-state index contributed by atoms with van der Waals surface area (Å²) >= 11 is 0. The topological polar surface area (TPSA) is 60.4 Å². The molecular weight excluding hydrogens is 140 g/mol. The summed E-state index contributed by atoms with van der Waals surface area (Å²) in [5, 5.41) is 17.3. The molecule has 0 aliphatic heterocycles. The average molecular weight is 145 g/mol. The molecule has 1 atom stereocenters. The third kappa shape index (κ3) is 5.95. The van der Waals surface area contributed by atoms with Crippen molar-refractivity contribution in [1.82, 2.24) is 0 Å². The van der Waals surface area contributed by atoms with Gasteiger partial charge in [0.1, 0.15) is 0 Å². The number of carboxylic acids is 1. The zero-order valence-electron chi connectivity index (χ0n) is 3.69. The van der Waals surface area contributed by atoms with Gasteiger partial charge in [-0.05, 0) is 6.92 Å². The largest absolute Gasteiger partial charge is 0.547 e. The Labute approximate surface area is 51.8 Å². The van der Waals surface area contributed by atoms with Crippen LogP contribution in [0.4, 0.5) is 0 Å². The molecule has 0 spiro atoms. The second-order valence-electron chi connectivity index (χ2n) is 0.995. The van der Waals surface area contributed by atoms with E-state index in [4.69, 9.17) is 5.11 Å². The zero-order chi connectivity index (χ0) is 5.15. The first-order valence-electron chi connectivity index (χ1n) is 1.53. The molecule has 0 aromatic carbocycles. The molecule has 0 aromatic heterocycles. The fourth-order valence-electron chi connectivity index (χ4n) is 0. The molecule has 0 radical (unpaired) electrons. The summed E-state index contributed by atoms with van der Waals surface area (Å²) in [7, 11) is 0. The SMILES string of the molecule is CC(O)C(=O)[O-].[Fe]. The van der Waals surface area contributed by atoms with Gasteiger partial charge in [-0.1, -0.05) is 0 Å². The zero-order valence-corrected chi connectivity index (χ0v) is 4.80. The number of aliphatic carboxylic acids is 1. The molecule has 0 saturated carbocycles. The molecule has 0 aliphatic carbocycles. The van der Waals surface area contributed by atoms with Crippen LogP contribution in [0.5, 0.6) is 0 Å². The van der Waals surface area contributed by atoms with Crippen LogP contribution in [0.1, 0.15) is 6.92 Å². The molecule has 44 valence electrons. The van der Waals surface area contributed by atoms with E-state index in [0.29, 0.717) is 0 Å². The van der Waals surface area contributed by atoms with Crippen molar-refractivity contribution in [3.8, 4) is 0 Å². The Morgan fingerprint density at radius 2 is 2.00 bits per heavy atom. The Kier molecular flexibility index (Phi) is 5.91. The van der Waals surface area contributed by atoms with Crippen molar-refractivity contribution in [3.05, 3.63) is 0 Å². The fourth-order valence-corrected chi connectivity index (χ4v) is 0. The maximum absolute atomic E-state index is 9.34. The van der Waals surface area contributed by atoms with Gasteiger partial charge in [-0.25, -0.2) is 0 Å². The van der Waals surface area contributed by atoms with Crippen molar-refractivity contribution in [2.45, 2.75) is 13.0 Å². The van der Waals surface area contributed by atoms with Crippen LogP contribution in [-0.4, -0.2) is 17.2 Å². The van der Waals surface area contributed by atoms with Gasteiger partial charge in [-0.2, -0.15) is 0 Å². The van der Waals surface area contributed by atoms with E-state index in [1.807, 2.05) is 0 Å². The van der Waals surface area contributed by atoms with Crippen LogP contribution in [0.15, 0.2) is 0 Å². The standard InChI is InChI=1S/C3H6O3.Fe/c1-2(4)3(5)6;/h2,4H,1H3,(H,5,6);/p-1. The van der Waals surface area contributed by atoms with Crippen LogP contribution in [0, 0.1) is 0 Å². The Bertz CT molecular complexity index is 61.2. The first-order chi connectivity index (χ1) is 2.64. The first-order valence-corrected chi connectivity index (χ1v) is 1.53. The van der Waals surface area contributed by atoms with E-state index in [-0.39, 0.29) is 17.1 Å². The monoisotopic (exact) mass is 145 g/mol. The van der Waals surface area contributed by atoms with Crippen LogP contribution in [0.3, 0.4) is 0 Å². The Hall–Kier alpha value is -0.0505. The number of carbonyl (C=O) groups excluding carboxylic acids is 1. The van der Waals surface area contributed by atoms with Crippen LogP contribution >= 0.6 is 0 Å². The summed E-state index contributed by atoms with van der Waals surface area (Å²) < 4.78 is 0. The molecule has 0 amide bonds. The van der Waals surface area contributed by atoms with E-state index in [0.717, 1.165) is 6.92 Å². The van der Waals surface area contributed by atoms with Crippen molar-refractivity contribution in [2.75, 3.05) is 0 Å². The normalized spacial score (nSPS) is 11.7. The number of aliphatic hydroxyl groups excluding tert-OH is 1. The van der Waals surface area contributed by atoms with Gasteiger partial charge < -0.3 is 15.0 Å². The molecule has 3 nitrogen and oxygen atoms in total. The van der Waals surface area contributed by atoms with Crippen LogP contribution in [0.25, 0.3) is 0 Å². The molecule has 1 unspecified atom stereocenters. The van der Waals surface area contributed by atoms with Gasteiger partial charge in [0.2, 0.25) is 0 Å². The van der Waals surface area contributed by atoms with Crippen molar-refractivity contribution < 1.29 is 32.1 Å². The summed E-state index contributed by atoms with van der Waals surface area (Å²) in [6.07, 6.45) is -1.34. The van der Waals surface area contributed by atoms with Gasteiger partial charge in [-0.3, -0.25) is 0 Å². The van der Waals surface area contributed by atoms with E-state index in [1.165, 1.54) is 0 Å². The molecule has 7 heavy (non-hydrogen) atoms. The number of hydrogen-bond donors (Lipinski definition) is 1. The van der Waals surface area contributed by atoms with E-state index in [9.17, 15) is 9.90 Å². The molecule has 0 heterocycles. The number of aliphatic hydroxyl groups is 1. The van der Waals surface area contributed by atoms with Gasteiger partial charge in [0.25, 0.3) is 0 Å². The number of rotatable bonds is 1. The Morgan fingerprint density at radius 3 is 2.00 bits per heavy atom. The van der Waals surface area contributed by atoms with E-state index < -0.39 is 12.1 Å². The van der Waals surface area contributed by atoms with Crippen molar-refractivity contribution in [2.24, 2.45) is 0 Å². The number of carboxylic acid groups (broad SMARTS) is 1. The van der Waals surface area contributed by atoms with E-state index in [2.05, 4.69) is 0 Å². The van der Waals surface area contributed by atoms with E-state index in [1.54, 1.807) is 0 Å². The summed E-state index contributed by atoms with van der Waals surface area (Å²) in [5.74, 6) is -1.44. The molecule has 0 rings (SSSR count). The van der Waals surface area contributed by atoms with Crippen LogP contribution in [0.2, 0.25) is 0 Å². The molecule has 0 aliphatic rings. The predicted molar refractivity (Wildman–Crippen MR) is 16.7 cm³/mol. The second kappa shape index (κ2) is 4.12. The molecule has 0 bridgehead atoms. The minimum atomic E-state index is -1.44. The van der Waals surface area contributed by atoms with Crippen molar-refractivity contribution >= 4 is 5.97 Å². The predicted octanol–water partition coefficient (Wildman–Crippen LogP) is -1.89. The van der Waals surface area contributed by atoms with E-state index >= 15 is 0 Å². The van der Waals surface area contributed by atoms with Crippen LogP contribution in [-0.2, 0) is 21.9 Å². The minimum Gasteiger partial charge on any atom is -0.547 e. The number of hydrogen-bond acceptors (Lipinski definition) is 3. The minimum absolute atomic E-state index is 0. The van der Waals surface area contributed by atoms with Gasteiger partial charge in [0, 0.05) is 17.1 Å². The van der Waals surface area contributed by atoms with Gasteiger partial charge in [-0.15, -0.1) is 0 Å². The molecule has 0 aromatic rings. The number of carbonyl (C=O) groups is 1. The third-order valence-electron chi connectivity index (χ3n) is 0.341. The third-order valence-corrected chi connectivity index (χ3v) is 0.341. The molecule has 4 heteroatoms. The Balaban J connectivity index is 0.